The monoisotopic (exact) mass is 480 g/mol. The molecule has 2 aliphatic heterocycles. The fourth-order valence-corrected chi connectivity index (χ4v) is 6.53. The van der Waals surface area contributed by atoms with Crippen LogP contribution >= 0.6 is 11.8 Å². The molecule has 2 aromatic carbocycles. The number of halogens is 1. The fraction of sp³-hybridized carbons (Fsp3) is 0.444. The molecule has 2 N–H and O–H groups in total. The van der Waals surface area contributed by atoms with E-state index in [2.05, 4.69) is 50.6 Å². The van der Waals surface area contributed by atoms with Crippen molar-refractivity contribution in [1.29, 1.82) is 0 Å². The molecule has 3 aromatic rings. The summed E-state index contributed by atoms with van der Waals surface area (Å²) in [5, 5.41) is 8.08. The lowest BCUT2D eigenvalue weighted by atomic mass is 9.98. The van der Waals surface area contributed by atoms with Gasteiger partial charge in [0.25, 0.3) is 0 Å². The zero-order valence-corrected chi connectivity index (χ0v) is 20.7. The van der Waals surface area contributed by atoms with E-state index in [1.807, 2.05) is 26.0 Å². The number of thioether (sulfide) groups is 1. The van der Waals surface area contributed by atoms with Gasteiger partial charge in [0.2, 0.25) is 5.91 Å². The van der Waals surface area contributed by atoms with Crippen molar-refractivity contribution in [3.8, 4) is 5.69 Å². The molecule has 0 aliphatic carbocycles. The Kier molecular flexibility index (Phi) is 6.69. The number of nitrogens with zero attached hydrogens (tertiary/aromatic N) is 2. The molecule has 0 bridgehead atoms. The summed E-state index contributed by atoms with van der Waals surface area (Å²) in [6.45, 7) is 8.03. The van der Waals surface area contributed by atoms with Gasteiger partial charge in [-0.3, -0.25) is 9.69 Å². The molecule has 2 saturated heterocycles. The van der Waals surface area contributed by atoms with Crippen LogP contribution < -0.4 is 10.6 Å². The van der Waals surface area contributed by atoms with E-state index in [0.717, 1.165) is 56.6 Å². The lowest BCUT2D eigenvalue weighted by Gasteiger charge is -2.35. The van der Waals surface area contributed by atoms with Crippen LogP contribution in [0.15, 0.2) is 54.7 Å². The van der Waals surface area contributed by atoms with Gasteiger partial charge in [0.05, 0.1) is 15.6 Å². The van der Waals surface area contributed by atoms with Gasteiger partial charge in [-0.05, 0) is 69.0 Å². The van der Waals surface area contributed by atoms with Gasteiger partial charge in [-0.15, -0.1) is 11.8 Å². The van der Waals surface area contributed by atoms with E-state index in [4.69, 9.17) is 0 Å². The van der Waals surface area contributed by atoms with Gasteiger partial charge < -0.3 is 15.2 Å². The first-order chi connectivity index (χ1) is 16.4. The molecular weight excluding hydrogens is 447 g/mol. The Balaban J connectivity index is 1.43. The first-order valence-corrected chi connectivity index (χ1v) is 13.1. The summed E-state index contributed by atoms with van der Waals surface area (Å²) in [5.41, 5.74) is 3.44. The lowest BCUT2D eigenvalue weighted by molar-refractivity contribution is -0.122. The number of amides is 1. The predicted octanol–water partition coefficient (Wildman–Crippen LogP) is 4.85. The topological polar surface area (TPSA) is 49.3 Å². The number of carbonyl (C=O) groups excluding carboxylic acids is 1. The Labute approximate surface area is 205 Å². The zero-order valence-electron chi connectivity index (χ0n) is 19.9. The summed E-state index contributed by atoms with van der Waals surface area (Å²) in [6, 6.07) is 15.5. The van der Waals surface area contributed by atoms with Crippen LogP contribution in [0.25, 0.3) is 16.6 Å². The maximum absolute atomic E-state index is 13.6. The molecular formula is C27H33FN4OS. The minimum Gasteiger partial charge on any atom is -0.343 e. The van der Waals surface area contributed by atoms with Crippen molar-refractivity contribution in [2.75, 3.05) is 26.2 Å². The van der Waals surface area contributed by atoms with Crippen LogP contribution in [-0.2, 0) is 4.79 Å². The van der Waals surface area contributed by atoms with Gasteiger partial charge in [0.1, 0.15) is 5.82 Å². The molecule has 0 radical (unpaired) electrons. The number of hydrogen-bond donors (Lipinski definition) is 2. The minimum atomic E-state index is -0.342. The number of para-hydroxylation sites is 1. The predicted molar refractivity (Wildman–Crippen MR) is 138 cm³/mol. The maximum atomic E-state index is 13.6. The lowest BCUT2D eigenvalue weighted by Crippen LogP contribution is -2.45. The van der Waals surface area contributed by atoms with Gasteiger partial charge in [-0.2, -0.15) is 0 Å². The van der Waals surface area contributed by atoms with Crippen molar-refractivity contribution in [2.24, 2.45) is 0 Å². The smallest absolute Gasteiger partial charge is 0.236 e. The highest BCUT2D eigenvalue weighted by atomic mass is 32.2. The molecule has 2 unspecified atom stereocenters. The van der Waals surface area contributed by atoms with Crippen molar-refractivity contribution in [3.63, 3.8) is 0 Å². The van der Waals surface area contributed by atoms with Crippen LogP contribution in [0.4, 0.5) is 4.39 Å². The van der Waals surface area contributed by atoms with Gasteiger partial charge in [-0.25, -0.2) is 4.39 Å². The van der Waals surface area contributed by atoms with Crippen molar-refractivity contribution < 1.29 is 9.18 Å². The third kappa shape index (κ3) is 4.74. The first-order valence-electron chi connectivity index (χ1n) is 12.2. The van der Waals surface area contributed by atoms with Crippen LogP contribution in [-0.4, -0.2) is 51.7 Å². The van der Waals surface area contributed by atoms with E-state index in [1.165, 1.54) is 23.1 Å². The van der Waals surface area contributed by atoms with E-state index in [-0.39, 0.29) is 21.8 Å². The second-order valence-corrected chi connectivity index (χ2v) is 11.6. The highest BCUT2D eigenvalue weighted by Gasteiger charge is 2.39. The van der Waals surface area contributed by atoms with Crippen molar-refractivity contribution >= 4 is 28.6 Å². The molecule has 1 aromatic heterocycles. The molecule has 7 heteroatoms. The Morgan fingerprint density at radius 1 is 1.12 bits per heavy atom. The fourth-order valence-electron chi connectivity index (χ4n) is 5.20. The number of fused-ring (bicyclic) bond motifs is 1. The second-order valence-electron chi connectivity index (χ2n) is 9.77. The van der Waals surface area contributed by atoms with Crippen LogP contribution in [0.3, 0.4) is 0 Å². The Bertz CT molecular complexity index is 1150. The Morgan fingerprint density at radius 3 is 2.56 bits per heavy atom. The molecule has 2 aliphatic rings. The second kappa shape index (κ2) is 9.72. The van der Waals surface area contributed by atoms with Crippen LogP contribution in [0.5, 0.6) is 0 Å². The normalized spacial score (nSPS) is 21.6. The molecule has 5 rings (SSSR count). The maximum Gasteiger partial charge on any atom is 0.236 e. The summed E-state index contributed by atoms with van der Waals surface area (Å²) in [6.07, 6.45) is 5.29. The zero-order chi connectivity index (χ0) is 23.7. The number of nitrogens with one attached hydrogen (secondary N) is 2. The SMILES string of the molecule is CC1(C)SC(CCCC(c2cn(-c3ccc(F)cc3)c3ccccc23)N2CCNCC2)NC1=O. The third-order valence-electron chi connectivity index (χ3n) is 7.02. The van der Waals surface area contributed by atoms with Gasteiger partial charge in [-0.1, -0.05) is 18.2 Å². The summed E-state index contributed by atoms with van der Waals surface area (Å²) in [7, 11) is 0. The van der Waals surface area contributed by atoms with E-state index < -0.39 is 0 Å². The molecule has 5 nitrogen and oxygen atoms in total. The molecule has 1 amide bonds. The van der Waals surface area contributed by atoms with Gasteiger partial charge in [0, 0.05) is 49.5 Å². The Hall–Kier alpha value is -2.35. The van der Waals surface area contributed by atoms with Gasteiger partial charge in [0.15, 0.2) is 0 Å². The summed E-state index contributed by atoms with van der Waals surface area (Å²) < 4.78 is 15.4. The average Bonchev–Trinajstić information content (AvgIpc) is 3.34. The molecule has 2 atom stereocenters. The number of carbonyl (C=O) groups is 1. The van der Waals surface area contributed by atoms with E-state index in [1.54, 1.807) is 11.8 Å². The standard InChI is InChI=1S/C27H33FN4OS/c1-27(2)26(33)30-25(34-27)9-5-8-23(31-16-14-29-15-17-31)22-18-32(20-12-10-19(28)11-13-20)24-7-4-3-6-21(22)24/h3-4,6-7,10-13,18,23,25,29H,5,8-9,14-17H2,1-2H3,(H,30,33). The van der Waals surface area contributed by atoms with E-state index >= 15 is 0 Å². The number of piperazine rings is 1. The summed E-state index contributed by atoms with van der Waals surface area (Å²) >= 11 is 1.75. The quantitative estimate of drug-likeness (QED) is 0.507. The Morgan fingerprint density at radius 2 is 1.85 bits per heavy atom. The molecule has 0 spiro atoms. The van der Waals surface area contributed by atoms with Crippen molar-refractivity contribution in [2.45, 2.75) is 49.3 Å². The highest BCUT2D eigenvalue weighted by molar-refractivity contribution is 8.02. The number of aromatic nitrogens is 1. The van der Waals surface area contributed by atoms with Crippen LogP contribution in [0.1, 0.15) is 44.7 Å². The molecule has 34 heavy (non-hydrogen) atoms. The van der Waals surface area contributed by atoms with E-state index in [9.17, 15) is 9.18 Å². The van der Waals surface area contributed by atoms with Crippen LogP contribution in [0.2, 0.25) is 0 Å². The third-order valence-corrected chi connectivity index (χ3v) is 8.43. The van der Waals surface area contributed by atoms with E-state index in [0.29, 0.717) is 6.04 Å². The summed E-state index contributed by atoms with van der Waals surface area (Å²) in [5.74, 6) is -0.0808. The molecule has 180 valence electrons. The van der Waals surface area contributed by atoms with Crippen molar-refractivity contribution in [3.05, 3.63) is 66.1 Å². The number of rotatable bonds is 7. The van der Waals surface area contributed by atoms with Crippen molar-refractivity contribution in [1.82, 2.24) is 20.1 Å². The minimum absolute atomic E-state index is 0.142. The molecule has 3 heterocycles. The summed E-state index contributed by atoms with van der Waals surface area (Å²) in [4.78, 5) is 14.8. The van der Waals surface area contributed by atoms with Crippen LogP contribution in [0, 0.1) is 5.82 Å². The average molecular weight is 481 g/mol. The number of benzene rings is 2. The first kappa shape index (κ1) is 23.4. The molecule has 2 fully saturated rings. The largest absolute Gasteiger partial charge is 0.343 e. The van der Waals surface area contributed by atoms with Gasteiger partial charge >= 0.3 is 0 Å². The molecule has 0 saturated carbocycles. The highest BCUT2D eigenvalue weighted by Crippen LogP contribution is 2.38. The number of hydrogen-bond acceptors (Lipinski definition) is 4.